The van der Waals surface area contributed by atoms with Gasteiger partial charge in [-0.25, -0.2) is 4.98 Å². The third-order valence-electron chi connectivity index (χ3n) is 4.35. The van der Waals surface area contributed by atoms with Gasteiger partial charge in [0.25, 0.3) is 0 Å². The van der Waals surface area contributed by atoms with Gasteiger partial charge in [0.15, 0.2) is 5.01 Å². The van der Waals surface area contributed by atoms with E-state index in [0.717, 1.165) is 47.6 Å². The minimum absolute atomic E-state index is 0.422. The predicted octanol–water partition coefficient (Wildman–Crippen LogP) is 3.38. The molecule has 7 heteroatoms. The van der Waals surface area contributed by atoms with Gasteiger partial charge in [0, 0.05) is 31.5 Å². The van der Waals surface area contributed by atoms with E-state index in [2.05, 4.69) is 49.4 Å². The Kier molecular flexibility index (Phi) is 4.56. The van der Waals surface area contributed by atoms with Crippen LogP contribution in [0.4, 0.5) is 10.9 Å². The van der Waals surface area contributed by atoms with Gasteiger partial charge in [-0.3, -0.25) is 4.98 Å². The molecule has 3 aromatic rings. The number of aromatic nitrogens is 4. The van der Waals surface area contributed by atoms with Gasteiger partial charge in [0.1, 0.15) is 11.5 Å². The van der Waals surface area contributed by atoms with E-state index in [1.165, 1.54) is 5.56 Å². The van der Waals surface area contributed by atoms with Crippen LogP contribution in [0.25, 0.3) is 10.7 Å². The summed E-state index contributed by atoms with van der Waals surface area (Å²) in [6.07, 6.45) is 5.83. The average Bonchev–Trinajstić information content (AvgIpc) is 3.12. The van der Waals surface area contributed by atoms with Crippen molar-refractivity contribution in [3.05, 3.63) is 48.3 Å². The highest BCUT2D eigenvalue weighted by Crippen LogP contribution is 2.27. The van der Waals surface area contributed by atoms with Crippen LogP contribution in [-0.4, -0.2) is 39.3 Å². The summed E-state index contributed by atoms with van der Waals surface area (Å²) < 4.78 is 0. The van der Waals surface area contributed by atoms with Crippen molar-refractivity contribution in [3.8, 4) is 10.7 Å². The Balaban J connectivity index is 1.34. The lowest BCUT2D eigenvalue weighted by molar-refractivity contribution is 0.523. The van der Waals surface area contributed by atoms with Crippen molar-refractivity contribution in [3.63, 3.8) is 0 Å². The van der Waals surface area contributed by atoms with Crippen LogP contribution in [-0.2, 0) is 0 Å². The Morgan fingerprint density at radius 3 is 2.68 bits per heavy atom. The van der Waals surface area contributed by atoms with Crippen LogP contribution in [0.15, 0.2) is 42.7 Å². The Morgan fingerprint density at radius 1 is 1.08 bits per heavy atom. The zero-order chi connectivity index (χ0) is 17.1. The van der Waals surface area contributed by atoms with Crippen molar-refractivity contribution < 1.29 is 0 Å². The summed E-state index contributed by atoms with van der Waals surface area (Å²) in [5.74, 6) is 1.07. The molecule has 6 nitrogen and oxygen atoms in total. The average molecular weight is 352 g/mol. The number of piperidine rings is 1. The standard InChI is InChI=1S/C18H20N6S/c1-13-5-6-16(20-12-13)24-10-7-14(8-11-24)21-18-23-22-17(25-18)15-4-2-3-9-19-15/h2-6,9,12,14H,7-8,10-11H2,1H3,(H,21,23). The van der Waals surface area contributed by atoms with Crippen molar-refractivity contribution >= 4 is 22.3 Å². The topological polar surface area (TPSA) is 66.8 Å². The monoisotopic (exact) mass is 352 g/mol. The highest BCUT2D eigenvalue weighted by atomic mass is 32.1. The van der Waals surface area contributed by atoms with Gasteiger partial charge in [0.05, 0.1) is 0 Å². The van der Waals surface area contributed by atoms with E-state index < -0.39 is 0 Å². The van der Waals surface area contributed by atoms with Gasteiger partial charge in [0.2, 0.25) is 5.13 Å². The predicted molar refractivity (Wildman–Crippen MR) is 101 cm³/mol. The van der Waals surface area contributed by atoms with Gasteiger partial charge >= 0.3 is 0 Å². The minimum Gasteiger partial charge on any atom is -0.357 e. The summed E-state index contributed by atoms with van der Waals surface area (Å²) in [5.41, 5.74) is 2.06. The molecule has 3 aromatic heterocycles. The Morgan fingerprint density at radius 2 is 1.96 bits per heavy atom. The van der Waals surface area contributed by atoms with Gasteiger partial charge in [-0.05, 0) is 43.5 Å². The van der Waals surface area contributed by atoms with E-state index in [-0.39, 0.29) is 0 Å². The molecule has 1 aliphatic heterocycles. The van der Waals surface area contributed by atoms with Gasteiger partial charge in [-0.1, -0.05) is 23.5 Å². The second-order valence-electron chi connectivity index (χ2n) is 6.23. The Hall–Kier alpha value is -2.54. The largest absolute Gasteiger partial charge is 0.357 e. The molecule has 1 N–H and O–H groups in total. The first-order valence-electron chi connectivity index (χ1n) is 8.47. The normalized spacial score (nSPS) is 15.3. The molecule has 4 heterocycles. The summed E-state index contributed by atoms with van der Waals surface area (Å²) in [6.45, 7) is 4.06. The maximum atomic E-state index is 4.53. The molecule has 128 valence electrons. The SMILES string of the molecule is Cc1ccc(N2CCC(Nc3nnc(-c4ccccn4)s3)CC2)nc1. The van der Waals surface area contributed by atoms with Crippen LogP contribution in [0, 0.1) is 6.92 Å². The van der Waals surface area contributed by atoms with E-state index in [4.69, 9.17) is 0 Å². The maximum absolute atomic E-state index is 4.53. The minimum atomic E-state index is 0.422. The fraction of sp³-hybridized carbons (Fsp3) is 0.333. The molecule has 0 atom stereocenters. The molecular formula is C18H20N6S. The lowest BCUT2D eigenvalue weighted by Gasteiger charge is -2.33. The molecular weight excluding hydrogens is 332 g/mol. The maximum Gasteiger partial charge on any atom is 0.206 e. The molecule has 0 aliphatic carbocycles. The molecule has 0 radical (unpaired) electrons. The number of nitrogens with zero attached hydrogens (tertiary/aromatic N) is 5. The Labute approximate surface area is 151 Å². The lowest BCUT2D eigenvalue weighted by atomic mass is 10.1. The molecule has 0 amide bonds. The summed E-state index contributed by atoms with van der Waals surface area (Å²) in [7, 11) is 0. The fourth-order valence-corrected chi connectivity index (χ4v) is 3.75. The molecule has 0 spiro atoms. The van der Waals surface area contributed by atoms with Gasteiger partial charge in [-0.15, -0.1) is 10.2 Å². The molecule has 1 saturated heterocycles. The van der Waals surface area contributed by atoms with Crippen LogP contribution in [0.2, 0.25) is 0 Å². The summed E-state index contributed by atoms with van der Waals surface area (Å²) in [4.78, 5) is 11.2. The smallest absolute Gasteiger partial charge is 0.206 e. The van der Waals surface area contributed by atoms with Crippen LogP contribution in [0.1, 0.15) is 18.4 Å². The zero-order valence-corrected chi connectivity index (χ0v) is 14.9. The van der Waals surface area contributed by atoms with Crippen LogP contribution in [0.5, 0.6) is 0 Å². The third kappa shape index (κ3) is 3.76. The molecule has 0 bridgehead atoms. The number of aryl methyl sites for hydroxylation is 1. The second kappa shape index (κ2) is 7.14. The van der Waals surface area contributed by atoms with E-state index in [1.54, 1.807) is 17.5 Å². The molecule has 1 fully saturated rings. The molecule has 0 aromatic carbocycles. The fourth-order valence-electron chi connectivity index (χ4n) is 2.95. The van der Waals surface area contributed by atoms with Crippen LogP contribution in [0.3, 0.4) is 0 Å². The van der Waals surface area contributed by atoms with E-state index in [1.807, 2.05) is 24.4 Å². The number of rotatable bonds is 4. The number of anilines is 2. The summed E-state index contributed by atoms with van der Waals surface area (Å²) in [5, 5.41) is 13.8. The van der Waals surface area contributed by atoms with Crippen LogP contribution >= 0.6 is 11.3 Å². The first-order valence-corrected chi connectivity index (χ1v) is 9.28. The van der Waals surface area contributed by atoms with Gasteiger partial charge in [-0.2, -0.15) is 0 Å². The van der Waals surface area contributed by atoms with Gasteiger partial charge < -0.3 is 10.2 Å². The second-order valence-corrected chi connectivity index (χ2v) is 7.20. The number of pyridine rings is 2. The quantitative estimate of drug-likeness (QED) is 0.776. The Bertz CT molecular complexity index is 809. The summed E-state index contributed by atoms with van der Waals surface area (Å²) in [6, 6.07) is 10.5. The number of nitrogens with one attached hydrogen (secondary N) is 1. The van der Waals surface area contributed by atoms with Crippen LogP contribution < -0.4 is 10.2 Å². The van der Waals surface area contributed by atoms with Crippen molar-refractivity contribution in [2.75, 3.05) is 23.3 Å². The zero-order valence-electron chi connectivity index (χ0n) is 14.1. The highest BCUT2D eigenvalue weighted by molar-refractivity contribution is 7.18. The first kappa shape index (κ1) is 16.0. The van der Waals surface area contributed by atoms with E-state index in [9.17, 15) is 0 Å². The highest BCUT2D eigenvalue weighted by Gasteiger charge is 2.21. The van der Waals surface area contributed by atoms with Crippen molar-refractivity contribution in [1.29, 1.82) is 0 Å². The van der Waals surface area contributed by atoms with Crippen molar-refractivity contribution in [2.24, 2.45) is 0 Å². The first-order chi connectivity index (χ1) is 12.3. The third-order valence-corrected chi connectivity index (χ3v) is 5.23. The molecule has 4 rings (SSSR count). The number of hydrogen-bond acceptors (Lipinski definition) is 7. The summed E-state index contributed by atoms with van der Waals surface area (Å²) >= 11 is 1.56. The van der Waals surface area contributed by atoms with E-state index in [0.29, 0.717) is 6.04 Å². The molecule has 25 heavy (non-hydrogen) atoms. The molecule has 0 saturated carbocycles. The molecule has 1 aliphatic rings. The van der Waals surface area contributed by atoms with Crippen molar-refractivity contribution in [1.82, 2.24) is 20.2 Å². The van der Waals surface area contributed by atoms with E-state index >= 15 is 0 Å². The number of hydrogen-bond donors (Lipinski definition) is 1. The lowest BCUT2D eigenvalue weighted by Crippen LogP contribution is -2.39. The molecule has 0 unspecified atom stereocenters. The van der Waals surface area contributed by atoms with Crippen molar-refractivity contribution in [2.45, 2.75) is 25.8 Å².